The SMILES string of the molecule is C1CC2CCCC2C1.C1CCC2CC3CCCCC3CC2C1.C1CCC2CCCCC2C1.C1CCC2CCCCC2CC1.C1CC[C@H]2CCC[C@H]2C1.C1CC[C@H]2C[C@H]2C1.C1C[C@@H]2CC[C@@H]2C1.C1C[C@@H]2C[C@@H]2C1.C1C[C@H]2C[C@@H]12. The summed E-state index contributed by atoms with van der Waals surface area (Å²) < 4.78 is 0. The summed E-state index contributed by atoms with van der Waals surface area (Å²) >= 11 is 0. The van der Waals surface area contributed by atoms with Crippen molar-refractivity contribution in [3.63, 3.8) is 0 Å². The van der Waals surface area contributed by atoms with E-state index in [-0.39, 0.29) is 0 Å². The molecule has 19 saturated carbocycles. The highest BCUT2D eigenvalue weighted by Gasteiger charge is 2.45. The molecule has 0 saturated heterocycles. The van der Waals surface area contributed by atoms with Crippen LogP contribution in [0.15, 0.2) is 0 Å². The minimum Gasteiger partial charge on any atom is -0.0533 e. The van der Waals surface area contributed by atoms with Crippen LogP contribution in [0.3, 0.4) is 0 Å². The first-order chi connectivity index (χ1) is 38.2. The Bertz CT molecular complexity index is 1450. The molecule has 19 fully saturated rings. The zero-order valence-electron chi connectivity index (χ0n) is 51.9. The summed E-state index contributed by atoms with van der Waals surface area (Å²) in [6, 6.07) is 0. The largest absolute Gasteiger partial charge is 0.0533 e. The van der Waals surface area contributed by atoms with Crippen LogP contribution in [0.2, 0.25) is 0 Å². The number of hydrogen-bond donors (Lipinski definition) is 0. The van der Waals surface area contributed by atoms with E-state index in [1.807, 2.05) is 0 Å². The molecule has 0 nitrogen and oxygen atoms in total. The first-order valence-electron chi connectivity index (χ1n) is 38.2. The van der Waals surface area contributed by atoms with E-state index >= 15 is 0 Å². The van der Waals surface area contributed by atoms with Crippen molar-refractivity contribution in [1.29, 1.82) is 0 Å². The predicted molar refractivity (Wildman–Crippen MR) is 333 cm³/mol. The van der Waals surface area contributed by atoms with Crippen molar-refractivity contribution < 1.29 is 0 Å². The molecule has 0 N–H and O–H groups in total. The summed E-state index contributed by atoms with van der Waals surface area (Å²) in [5.74, 6) is 23.6. The van der Waals surface area contributed by atoms with E-state index in [2.05, 4.69) is 0 Å². The molecule has 16 atom stereocenters. The molecule has 0 bridgehead atoms. The maximum absolute atomic E-state index is 1.62. The topological polar surface area (TPSA) is 0 Å². The Kier molecular flexibility index (Phi) is 23.8. The van der Waals surface area contributed by atoms with Gasteiger partial charge in [-0.3, -0.25) is 0 Å². The van der Waals surface area contributed by atoms with E-state index < -0.39 is 0 Å². The third kappa shape index (κ3) is 18.3. The van der Waals surface area contributed by atoms with E-state index in [1.54, 1.807) is 250 Å². The van der Waals surface area contributed by atoms with Gasteiger partial charge in [0.15, 0.2) is 0 Å². The molecular weight excluding hydrogens is 925 g/mol. The number of hydrogen-bond acceptors (Lipinski definition) is 0. The summed E-state index contributed by atoms with van der Waals surface area (Å²) in [4.78, 5) is 0. The maximum Gasteiger partial charge on any atom is -0.0383 e. The standard InChI is InChI=1S/C14H24.C11H20.C10H18.C9H16.C8H14.2C7H12.C6H10.C5H8/c1-2-6-12-10-14-8-4-3-7-13(14)9-11(12)5-1;1-2-6-10-8-4-5-9-11(10)7-3-1;1-2-6-10-8-4-3-7-9(10)5-1;1-2-5-9-7-3-6-8(9)4-1;1-3-7-5-2-6-8(7)4-1;1-2-6-4-5-7(6)3-1;1-2-4-7-5-6(7)3-1;1-2-5-4-6(5)3-1;1-2-5-3-4(1)5/h11-14H,1-10H2;10-11H,1-9H2;9-10H,1-8H2;8-9H,1-7H2;7-8H,1-6H2;2*6-7H,1-5H2;5-6H,1-4H2;4-5H,1-3H2/t;;;8-,9+;;2*6-,7+;5-,6+;4-,5+. The fourth-order valence-corrected chi connectivity index (χ4v) is 22.4. The first kappa shape index (κ1) is 58.8. The Morgan fingerprint density at radius 1 is 0.0779 bits per heavy atom. The van der Waals surface area contributed by atoms with Gasteiger partial charge < -0.3 is 0 Å². The van der Waals surface area contributed by atoms with Gasteiger partial charge in [-0.15, -0.1) is 0 Å². The Labute approximate surface area is 481 Å². The van der Waals surface area contributed by atoms with Gasteiger partial charge in [0.1, 0.15) is 0 Å². The fourth-order valence-electron chi connectivity index (χ4n) is 22.4. The third-order valence-corrected chi connectivity index (χ3v) is 28.1. The number of rotatable bonds is 0. The lowest BCUT2D eigenvalue weighted by Crippen LogP contribution is -2.35. The van der Waals surface area contributed by atoms with Gasteiger partial charge in [0, 0.05) is 0 Å². The van der Waals surface area contributed by atoms with Crippen LogP contribution in [-0.2, 0) is 0 Å². The molecule has 0 aliphatic heterocycles. The van der Waals surface area contributed by atoms with Gasteiger partial charge in [-0.05, 0) is 176 Å². The van der Waals surface area contributed by atoms with E-state index in [9.17, 15) is 0 Å². The maximum atomic E-state index is 1.62. The van der Waals surface area contributed by atoms with Gasteiger partial charge in [0.05, 0.1) is 0 Å². The molecule has 0 aromatic rings. The average molecular weight is 1060 g/mol. The van der Waals surface area contributed by atoms with Crippen LogP contribution in [0.1, 0.15) is 366 Å². The van der Waals surface area contributed by atoms with Crippen molar-refractivity contribution in [1.82, 2.24) is 0 Å². The van der Waals surface area contributed by atoms with Crippen molar-refractivity contribution in [2.45, 2.75) is 366 Å². The highest BCUT2D eigenvalue weighted by Crippen LogP contribution is 2.56. The van der Waals surface area contributed by atoms with Crippen LogP contribution in [-0.4, -0.2) is 0 Å². The summed E-state index contributed by atoms with van der Waals surface area (Å²) in [5.41, 5.74) is 0. The molecule has 0 amide bonds. The summed E-state index contributed by atoms with van der Waals surface area (Å²) in [5, 5.41) is 0. The van der Waals surface area contributed by atoms with E-state index in [4.69, 9.17) is 0 Å². The van der Waals surface area contributed by atoms with Crippen molar-refractivity contribution in [2.24, 2.45) is 118 Å². The van der Waals surface area contributed by atoms with Crippen molar-refractivity contribution in [2.75, 3.05) is 0 Å². The van der Waals surface area contributed by atoms with Crippen molar-refractivity contribution in [3.8, 4) is 0 Å². The van der Waals surface area contributed by atoms with Crippen LogP contribution >= 0.6 is 0 Å². The Balaban J connectivity index is 0.0000000934. The van der Waals surface area contributed by atoms with Crippen LogP contribution < -0.4 is 0 Å². The molecule has 19 aliphatic carbocycles. The van der Waals surface area contributed by atoms with E-state index in [1.165, 1.54) is 187 Å². The molecule has 0 heterocycles. The van der Waals surface area contributed by atoms with Crippen molar-refractivity contribution in [3.05, 3.63) is 0 Å². The molecule has 0 radical (unpaired) electrons. The Morgan fingerprint density at radius 3 is 0.338 bits per heavy atom. The zero-order valence-corrected chi connectivity index (χ0v) is 51.9. The van der Waals surface area contributed by atoms with Gasteiger partial charge in [-0.2, -0.15) is 0 Å². The lowest BCUT2D eigenvalue weighted by atomic mass is 9.60. The lowest BCUT2D eigenvalue weighted by Gasteiger charge is -2.46. The lowest BCUT2D eigenvalue weighted by molar-refractivity contribution is 0.0520. The van der Waals surface area contributed by atoms with Crippen LogP contribution in [0, 0.1) is 118 Å². The van der Waals surface area contributed by atoms with Crippen molar-refractivity contribution >= 4 is 0 Å². The summed E-state index contributed by atoms with van der Waals surface area (Å²) in [7, 11) is 0. The molecule has 0 aromatic heterocycles. The normalized spacial score (nSPS) is 45.8. The monoisotopic (exact) mass is 1060 g/mol. The molecule has 19 rings (SSSR count). The van der Waals surface area contributed by atoms with E-state index in [0.29, 0.717) is 0 Å². The van der Waals surface area contributed by atoms with E-state index in [0.717, 1.165) is 47.3 Å². The highest BCUT2D eigenvalue weighted by atomic mass is 14.5. The molecule has 442 valence electrons. The Hall–Kier alpha value is 0. The molecular formula is C77H134. The number of fused-ring (bicyclic) bond motifs is 10. The molecule has 6 unspecified atom stereocenters. The average Bonchev–Trinajstić information content (AvgIpc) is 4.25. The van der Waals surface area contributed by atoms with Gasteiger partial charge in [0.2, 0.25) is 0 Å². The van der Waals surface area contributed by atoms with Crippen LogP contribution in [0.25, 0.3) is 0 Å². The molecule has 0 aromatic carbocycles. The molecule has 19 aliphatic rings. The van der Waals surface area contributed by atoms with Crippen LogP contribution in [0.5, 0.6) is 0 Å². The first-order valence-corrected chi connectivity index (χ1v) is 38.2. The predicted octanol–water partition coefficient (Wildman–Crippen LogP) is 24.7. The van der Waals surface area contributed by atoms with Gasteiger partial charge in [0.25, 0.3) is 0 Å². The molecule has 77 heavy (non-hydrogen) atoms. The zero-order chi connectivity index (χ0) is 51.9. The summed E-state index contributed by atoms with van der Waals surface area (Å²) in [6.45, 7) is 0. The second-order valence-electron chi connectivity index (χ2n) is 32.8. The van der Waals surface area contributed by atoms with Gasteiger partial charge in [-0.25, -0.2) is 0 Å². The molecule has 0 spiro atoms. The smallest absolute Gasteiger partial charge is 0.0383 e. The van der Waals surface area contributed by atoms with Gasteiger partial charge >= 0.3 is 0 Å². The quantitative estimate of drug-likeness (QED) is 0.227. The van der Waals surface area contributed by atoms with Gasteiger partial charge in [-0.1, -0.05) is 308 Å². The third-order valence-electron chi connectivity index (χ3n) is 28.1. The second-order valence-corrected chi connectivity index (χ2v) is 32.8. The summed E-state index contributed by atoms with van der Waals surface area (Å²) in [6.07, 6.45) is 88.6. The highest BCUT2D eigenvalue weighted by molar-refractivity contribution is 4.95. The van der Waals surface area contributed by atoms with Crippen LogP contribution in [0.4, 0.5) is 0 Å². The minimum atomic E-state index is 1.14. The second kappa shape index (κ2) is 31.2. The fraction of sp³-hybridized carbons (Fsp3) is 1.00. The minimum absolute atomic E-state index is 1.14. The Morgan fingerprint density at radius 2 is 0.182 bits per heavy atom. The molecule has 0 heteroatoms.